The number of hydrogen-bond donors (Lipinski definition) is 2. The average molecular weight is 342 g/mol. The molecule has 0 aliphatic carbocycles. The monoisotopic (exact) mass is 342 g/mol. The number of carbonyl (C=O) groups is 2. The smallest absolute Gasteiger partial charge is 0.277 e. The summed E-state index contributed by atoms with van der Waals surface area (Å²) in [5.74, 6) is -1.12. The molecule has 0 aliphatic heterocycles. The average Bonchev–Trinajstić information content (AvgIpc) is 3.03. The molecule has 2 aromatic heterocycles. The number of carbonyl (C=O) groups excluding carboxylic acids is 2. The van der Waals surface area contributed by atoms with E-state index >= 15 is 0 Å². The van der Waals surface area contributed by atoms with Crippen LogP contribution in [-0.2, 0) is 6.54 Å². The molecule has 0 saturated heterocycles. The van der Waals surface area contributed by atoms with Gasteiger partial charge in [0.2, 0.25) is 0 Å². The molecular weight excluding hydrogens is 328 g/mol. The lowest BCUT2D eigenvalue weighted by Gasteiger charge is -2.10. The van der Waals surface area contributed by atoms with Crippen LogP contribution in [0.2, 0.25) is 0 Å². The summed E-state index contributed by atoms with van der Waals surface area (Å²) in [4.78, 5) is 36.3. The van der Waals surface area contributed by atoms with E-state index in [1.54, 1.807) is 42.6 Å². The number of amides is 2. The van der Waals surface area contributed by atoms with E-state index in [4.69, 9.17) is 5.73 Å². The molecule has 7 nitrogen and oxygen atoms in total. The van der Waals surface area contributed by atoms with Crippen LogP contribution in [0.1, 0.15) is 27.8 Å². The van der Waals surface area contributed by atoms with Crippen molar-refractivity contribution in [1.29, 1.82) is 0 Å². The minimum absolute atomic E-state index is 0.121. The van der Waals surface area contributed by atoms with Crippen molar-refractivity contribution >= 4 is 38.9 Å². The summed E-state index contributed by atoms with van der Waals surface area (Å²) >= 11 is 1.19. The van der Waals surface area contributed by atoms with E-state index in [2.05, 4.69) is 10.4 Å². The third-order valence-electron chi connectivity index (χ3n) is 3.54. The lowest BCUT2D eigenvalue weighted by molar-refractivity contribution is 0.100. The molecule has 3 aromatic rings. The summed E-state index contributed by atoms with van der Waals surface area (Å²) in [6, 6.07) is 8.33. The van der Waals surface area contributed by atoms with Crippen molar-refractivity contribution in [3.63, 3.8) is 0 Å². The van der Waals surface area contributed by atoms with E-state index in [9.17, 15) is 14.4 Å². The van der Waals surface area contributed by atoms with Crippen LogP contribution < -0.4 is 16.6 Å². The fourth-order valence-corrected chi connectivity index (χ4v) is 3.17. The maximum absolute atomic E-state index is 12.6. The molecule has 0 saturated carbocycles. The standard InChI is InChI=1S/C16H14N4O3S/c1-2-20-16(23)10-6-4-3-5-9(10)12(19-20)14(22)18-15-11(13(17)21)7-8-24-15/h3-8H,2H2,1H3,(H2,17,21)(H,18,22). The van der Waals surface area contributed by atoms with Crippen LogP contribution in [0.5, 0.6) is 0 Å². The second-order valence-corrected chi connectivity index (χ2v) is 5.91. The summed E-state index contributed by atoms with van der Waals surface area (Å²) in [5, 5.41) is 9.70. The number of nitrogens with zero attached hydrogens (tertiary/aromatic N) is 2. The summed E-state index contributed by atoms with van der Waals surface area (Å²) in [5.41, 5.74) is 5.39. The van der Waals surface area contributed by atoms with Crippen molar-refractivity contribution < 1.29 is 9.59 Å². The molecule has 0 spiro atoms. The van der Waals surface area contributed by atoms with Gasteiger partial charge in [0, 0.05) is 11.9 Å². The third kappa shape index (κ3) is 2.67. The van der Waals surface area contributed by atoms with E-state index in [-0.39, 0.29) is 16.8 Å². The number of aromatic nitrogens is 2. The highest BCUT2D eigenvalue weighted by atomic mass is 32.1. The topological polar surface area (TPSA) is 107 Å². The van der Waals surface area contributed by atoms with Gasteiger partial charge in [0.1, 0.15) is 5.00 Å². The Hall–Kier alpha value is -3.00. The normalized spacial score (nSPS) is 10.7. The Balaban J connectivity index is 2.10. The van der Waals surface area contributed by atoms with E-state index in [1.165, 1.54) is 16.0 Å². The van der Waals surface area contributed by atoms with Gasteiger partial charge in [-0.15, -0.1) is 11.3 Å². The summed E-state index contributed by atoms with van der Waals surface area (Å²) < 4.78 is 1.24. The molecule has 3 N–H and O–H groups in total. The van der Waals surface area contributed by atoms with Gasteiger partial charge in [-0.1, -0.05) is 18.2 Å². The first-order valence-electron chi connectivity index (χ1n) is 7.21. The maximum Gasteiger partial charge on any atom is 0.277 e. The van der Waals surface area contributed by atoms with Gasteiger partial charge in [-0.25, -0.2) is 4.68 Å². The lowest BCUT2D eigenvalue weighted by Crippen LogP contribution is -2.27. The van der Waals surface area contributed by atoms with E-state index in [0.29, 0.717) is 22.3 Å². The number of nitrogens with two attached hydrogens (primary N) is 1. The van der Waals surface area contributed by atoms with E-state index < -0.39 is 11.8 Å². The first kappa shape index (κ1) is 15.9. The predicted octanol–water partition coefficient (Wildman–Crippen LogP) is 1.83. The third-order valence-corrected chi connectivity index (χ3v) is 4.37. The number of thiophene rings is 1. The largest absolute Gasteiger partial charge is 0.366 e. The molecule has 0 unspecified atom stereocenters. The van der Waals surface area contributed by atoms with E-state index in [0.717, 1.165) is 0 Å². The Bertz CT molecular complexity index is 1010. The molecule has 1 aromatic carbocycles. The van der Waals surface area contributed by atoms with Gasteiger partial charge in [-0.3, -0.25) is 14.4 Å². The fourth-order valence-electron chi connectivity index (χ4n) is 2.38. The molecule has 0 radical (unpaired) electrons. The predicted molar refractivity (Wildman–Crippen MR) is 92.5 cm³/mol. The van der Waals surface area contributed by atoms with Gasteiger partial charge in [0.05, 0.1) is 10.9 Å². The molecule has 0 aliphatic rings. The fraction of sp³-hybridized carbons (Fsp3) is 0.125. The molecule has 2 heterocycles. The highest BCUT2D eigenvalue weighted by molar-refractivity contribution is 7.14. The summed E-state index contributed by atoms with van der Waals surface area (Å²) in [6.07, 6.45) is 0. The second kappa shape index (κ2) is 6.25. The SMILES string of the molecule is CCn1nc(C(=O)Nc2sccc2C(N)=O)c2ccccc2c1=O. The first-order chi connectivity index (χ1) is 11.5. The summed E-state index contributed by atoms with van der Waals surface area (Å²) in [6.45, 7) is 2.12. The minimum Gasteiger partial charge on any atom is -0.366 e. The Morgan fingerprint density at radius 2 is 1.96 bits per heavy atom. The molecular formula is C16H14N4O3S. The maximum atomic E-state index is 12.6. The van der Waals surface area contributed by atoms with Crippen molar-refractivity contribution in [2.45, 2.75) is 13.5 Å². The Morgan fingerprint density at radius 3 is 2.62 bits per heavy atom. The molecule has 0 bridgehead atoms. The number of rotatable bonds is 4. The van der Waals surface area contributed by atoms with Crippen molar-refractivity contribution in [3.8, 4) is 0 Å². The first-order valence-corrected chi connectivity index (χ1v) is 8.09. The summed E-state index contributed by atoms with van der Waals surface area (Å²) in [7, 11) is 0. The zero-order valence-corrected chi connectivity index (χ0v) is 13.6. The van der Waals surface area contributed by atoms with Crippen LogP contribution in [-0.4, -0.2) is 21.6 Å². The van der Waals surface area contributed by atoms with Gasteiger partial charge in [0.25, 0.3) is 17.4 Å². The van der Waals surface area contributed by atoms with Gasteiger partial charge >= 0.3 is 0 Å². The van der Waals surface area contributed by atoms with Crippen molar-refractivity contribution in [2.24, 2.45) is 5.73 Å². The van der Waals surface area contributed by atoms with Crippen molar-refractivity contribution in [2.75, 3.05) is 5.32 Å². The van der Waals surface area contributed by atoms with Crippen LogP contribution >= 0.6 is 11.3 Å². The number of nitrogens with one attached hydrogen (secondary N) is 1. The Labute approximate surface area is 140 Å². The minimum atomic E-state index is -0.622. The van der Waals surface area contributed by atoms with Crippen LogP contribution in [0.15, 0.2) is 40.5 Å². The zero-order valence-electron chi connectivity index (χ0n) is 12.8. The molecule has 24 heavy (non-hydrogen) atoms. The number of fused-ring (bicyclic) bond motifs is 1. The zero-order chi connectivity index (χ0) is 17.3. The molecule has 3 rings (SSSR count). The van der Waals surface area contributed by atoms with Crippen molar-refractivity contribution in [1.82, 2.24) is 9.78 Å². The van der Waals surface area contributed by atoms with Crippen LogP contribution in [0.3, 0.4) is 0 Å². The molecule has 0 atom stereocenters. The van der Waals surface area contributed by atoms with Gasteiger partial charge in [-0.2, -0.15) is 5.10 Å². The number of hydrogen-bond acceptors (Lipinski definition) is 5. The highest BCUT2D eigenvalue weighted by Gasteiger charge is 2.19. The van der Waals surface area contributed by atoms with Crippen LogP contribution in [0, 0.1) is 0 Å². The number of aryl methyl sites for hydroxylation is 1. The lowest BCUT2D eigenvalue weighted by atomic mass is 10.1. The van der Waals surface area contributed by atoms with Gasteiger partial charge in [-0.05, 0) is 24.4 Å². The molecule has 2 amide bonds. The quantitative estimate of drug-likeness (QED) is 0.754. The Morgan fingerprint density at radius 1 is 1.25 bits per heavy atom. The van der Waals surface area contributed by atoms with Crippen LogP contribution in [0.25, 0.3) is 10.8 Å². The van der Waals surface area contributed by atoms with Gasteiger partial charge < -0.3 is 11.1 Å². The van der Waals surface area contributed by atoms with Crippen molar-refractivity contribution in [3.05, 3.63) is 57.3 Å². The number of primary amides is 1. The number of anilines is 1. The highest BCUT2D eigenvalue weighted by Crippen LogP contribution is 2.24. The molecule has 122 valence electrons. The van der Waals surface area contributed by atoms with E-state index in [1.807, 2.05) is 0 Å². The molecule has 0 fully saturated rings. The second-order valence-electron chi connectivity index (χ2n) is 5.00. The van der Waals surface area contributed by atoms with Crippen LogP contribution in [0.4, 0.5) is 5.00 Å². The Kier molecular flexibility index (Phi) is 4.13. The van der Waals surface area contributed by atoms with Gasteiger partial charge in [0.15, 0.2) is 5.69 Å². The number of benzene rings is 1. The molecule has 8 heteroatoms.